The molecule has 3 rings (SSSR count). The molecule has 39 heavy (non-hydrogen) atoms. The predicted molar refractivity (Wildman–Crippen MR) is 146 cm³/mol. The topological polar surface area (TPSA) is 96.0 Å². The zero-order valence-corrected chi connectivity index (χ0v) is 24.4. The van der Waals surface area contributed by atoms with Gasteiger partial charge in [0.2, 0.25) is 0 Å². The monoisotopic (exact) mass is 550 g/mol. The molecule has 0 aromatic heterocycles. The number of ether oxygens (including phenoxy) is 6. The Morgan fingerprint density at radius 1 is 1.00 bits per heavy atom. The van der Waals surface area contributed by atoms with Crippen molar-refractivity contribution in [3.63, 3.8) is 0 Å². The van der Waals surface area contributed by atoms with Crippen LogP contribution in [-0.4, -0.2) is 99.9 Å². The van der Waals surface area contributed by atoms with Crippen LogP contribution in [0.25, 0.3) is 0 Å². The van der Waals surface area contributed by atoms with Gasteiger partial charge in [0.1, 0.15) is 17.1 Å². The number of hydrogen-bond acceptors (Lipinski definition) is 8. The molecule has 2 amide bonds. The van der Waals surface area contributed by atoms with Crippen LogP contribution >= 0.6 is 0 Å². The average molecular weight is 551 g/mol. The first-order valence-electron chi connectivity index (χ1n) is 13.9. The number of rotatable bonds is 14. The van der Waals surface area contributed by atoms with Crippen molar-refractivity contribution in [2.75, 3.05) is 60.3 Å². The summed E-state index contributed by atoms with van der Waals surface area (Å²) in [5.41, 5.74) is 0.310. The summed E-state index contributed by atoms with van der Waals surface area (Å²) >= 11 is 0. The Labute approximate surface area is 232 Å². The van der Waals surface area contributed by atoms with Crippen LogP contribution in [0.3, 0.4) is 0 Å². The Kier molecular flexibility index (Phi) is 11.7. The molecule has 220 valence electrons. The van der Waals surface area contributed by atoms with E-state index >= 15 is 0 Å². The summed E-state index contributed by atoms with van der Waals surface area (Å²) in [6, 6.07) is 5.70. The quantitative estimate of drug-likeness (QED) is 0.318. The summed E-state index contributed by atoms with van der Waals surface area (Å²) in [5.74, 6) is 1.25. The molecule has 2 aliphatic rings. The van der Waals surface area contributed by atoms with Crippen LogP contribution in [0.1, 0.15) is 65.0 Å². The molecule has 0 spiro atoms. The lowest BCUT2D eigenvalue weighted by molar-refractivity contribution is -0.151. The lowest BCUT2D eigenvalue weighted by Crippen LogP contribution is -2.54. The number of carbonyl (C=O) groups is 2. The fraction of sp³-hybridized carbons (Fsp3) is 0.724. The Hall–Kier alpha value is -2.56. The summed E-state index contributed by atoms with van der Waals surface area (Å²) in [7, 11) is 3.33. The van der Waals surface area contributed by atoms with E-state index in [4.69, 9.17) is 28.4 Å². The van der Waals surface area contributed by atoms with E-state index in [2.05, 4.69) is 0 Å². The van der Waals surface area contributed by atoms with Gasteiger partial charge in [-0.05, 0) is 58.2 Å². The smallest absolute Gasteiger partial charge is 0.410 e. The summed E-state index contributed by atoms with van der Waals surface area (Å²) in [5, 5.41) is 0. The van der Waals surface area contributed by atoms with Gasteiger partial charge >= 0.3 is 6.09 Å². The molecule has 1 aromatic rings. The van der Waals surface area contributed by atoms with Crippen LogP contribution in [0, 0.1) is 0 Å². The van der Waals surface area contributed by atoms with Crippen LogP contribution in [0.4, 0.5) is 4.79 Å². The largest absolute Gasteiger partial charge is 0.493 e. The first-order chi connectivity index (χ1) is 18.6. The van der Waals surface area contributed by atoms with E-state index in [-0.39, 0.29) is 31.1 Å². The molecule has 2 atom stereocenters. The lowest BCUT2D eigenvalue weighted by Gasteiger charge is -2.38. The van der Waals surface area contributed by atoms with Gasteiger partial charge in [-0.2, -0.15) is 0 Å². The highest BCUT2D eigenvalue weighted by molar-refractivity contribution is 5.83. The molecule has 10 heteroatoms. The third-order valence-electron chi connectivity index (χ3n) is 6.51. The van der Waals surface area contributed by atoms with Crippen LogP contribution < -0.4 is 9.47 Å². The van der Waals surface area contributed by atoms with Gasteiger partial charge in [0, 0.05) is 58.9 Å². The minimum Gasteiger partial charge on any atom is -0.493 e. The second-order valence-electron chi connectivity index (χ2n) is 11.1. The minimum absolute atomic E-state index is 0.118. The summed E-state index contributed by atoms with van der Waals surface area (Å²) < 4.78 is 33.7. The van der Waals surface area contributed by atoms with Crippen molar-refractivity contribution in [3.05, 3.63) is 23.8 Å². The van der Waals surface area contributed by atoms with Crippen LogP contribution in [0.5, 0.6) is 11.5 Å². The number of carbonyl (C=O) groups excluding carboxylic acids is 2. The molecule has 1 unspecified atom stereocenters. The SMILES string of the molecule is COCCCOc1cc(OCCCOC)cc(C(C)N(C(=O)[C@H]2CN(C(=O)OC(C)(C)C)CCO2)C2CC2)c1. The number of benzene rings is 1. The average Bonchev–Trinajstić information content (AvgIpc) is 3.73. The second kappa shape index (κ2) is 14.7. The van der Waals surface area contributed by atoms with Crippen LogP contribution in [0.15, 0.2) is 18.2 Å². The highest BCUT2D eigenvalue weighted by Crippen LogP contribution is 2.38. The zero-order chi connectivity index (χ0) is 28.4. The zero-order valence-electron chi connectivity index (χ0n) is 24.4. The highest BCUT2D eigenvalue weighted by Gasteiger charge is 2.42. The van der Waals surface area contributed by atoms with E-state index in [0.717, 1.165) is 31.2 Å². The summed E-state index contributed by atoms with van der Waals surface area (Å²) in [4.78, 5) is 30.0. The molecule has 1 aromatic carbocycles. The molecule has 10 nitrogen and oxygen atoms in total. The van der Waals surface area contributed by atoms with Crippen molar-refractivity contribution in [1.82, 2.24) is 9.80 Å². The predicted octanol–water partition coefficient (Wildman–Crippen LogP) is 4.21. The van der Waals surface area contributed by atoms with E-state index in [1.165, 1.54) is 0 Å². The van der Waals surface area contributed by atoms with Gasteiger partial charge in [-0.25, -0.2) is 4.79 Å². The van der Waals surface area contributed by atoms with E-state index in [1.807, 2.05) is 50.8 Å². The Morgan fingerprint density at radius 3 is 2.10 bits per heavy atom. The molecular formula is C29H46N2O8. The maximum atomic E-state index is 13.8. The molecule has 0 radical (unpaired) electrons. The Morgan fingerprint density at radius 2 is 1.59 bits per heavy atom. The molecule has 1 saturated carbocycles. The maximum absolute atomic E-state index is 13.8. The number of morpholine rings is 1. The molecule has 1 saturated heterocycles. The number of methoxy groups -OCH3 is 2. The molecule has 2 fully saturated rings. The standard InChI is InChI=1S/C29H46N2O8/c1-21(22-17-24(36-14-7-12-34-5)19-25(18-22)37-15-8-13-35-6)31(23-9-10-23)27(32)26-20-30(11-16-38-26)28(33)39-29(2,3)4/h17-19,21,23,26H,7-16,20H2,1-6H3/t21?,26-/m1/s1. The van der Waals surface area contributed by atoms with Crippen molar-refractivity contribution in [2.45, 2.75) is 77.2 Å². The van der Waals surface area contributed by atoms with E-state index in [9.17, 15) is 9.59 Å². The second-order valence-corrected chi connectivity index (χ2v) is 11.1. The summed E-state index contributed by atoms with van der Waals surface area (Å²) in [6.07, 6.45) is 2.23. The fourth-order valence-electron chi connectivity index (χ4n) is 4.45. The van der Waals surface area contributed by atoms with E-state index in [1.54, 1.807) is 19.1 Å². The molecular weight excluding hydrogens is 504 g/mol. The molecule has 0 N–H and O–H groups in total. The normalized spacial score (nSPS) is 18.4. The van der Waals surface area contributed by atoms with Gasteiger partial charge < -0.3 is 38.2 Å². The van der Waals surface area contributed by atoms with E-state index in [0.29, 0.717) is 44.5 Å². The maximum Gasteiger partial charge on any atom is 0.410 e. The van der Waals surface area contributed by atoms with Crippen LogP contribution in [-0.2, 0) is 23.7 Å². The van der Waals surface area contributed by atoms with Gasteiger partial charge in [0.25, 0.3) is 5.91 Å². The Bertz CT molecular complexity index is 900. The lowest BCUT2D eigenvalue weighted by atomic mass is 10.0. The first-order valence-corrected chi connectivity index (χ1v) is 13.9. The van der Waals surface area contributed by atoms with Gasteiger partial charge in [-0.3, -0.25) is 4.79 Å². The van der Waals surface area contributed by atoms with Crippen molar-refractivity contribution in [1.29, 1.82) is 0 Å². The molecule has 1 heterocycles. The summed E-state index contributed by atoms with van der Waals surface area (Å²) in [6.45, 7) is 10.6. The molecule has 1 aliphatic carbocycles. The number of nitrogens with zero attached hydrogens (tertiary/aromatic N) is 2. The third-order valence-corrected chi connectivity index (χ3v) is 6.51. The van der Waals surface area contributed by atoms with Gasteiger partial charge in [0.05, 0.1) is 32.4 Å². The van der Waals surface area contributed by atoms with Crippen molar-refractivity contribution in [3.8, 4) is 11.5 Å². The van der Waals surface area contributed by atoms with Gasteiger partial charge in [-0.1, -0.05) is 0 Å². The minimum atomic E-state index is -0.743. The van der Waals surface area contributed by atoms with Gasteiger partial charge in [-0.15, -0.1) is 0 Å². The first kappa shape index (κ1) is 31.0. The van der Waals surface area contributed by atoms with Crippen molar-refractivity contribution < 1.29 is 38.0 Å². The van der Waals surface area contributed by atoms with E-state index < -0.39 is 17.8 Å². The number of hydrogen-bond donors (Lipinski definition) is 0. The van der Waals surface area contributed by atoms with Gasteiger partial charge in [0.15, 0.2) is 6.10 Å². The molecule has 1 aliphatic heterocycles. The van der Waals surface area contributed by atoms with Crippen LogP contribution in [0.2, 0.25) is 0 Å². The fourth-order valence-corrected chi connectivity index (χ4v) is 4.45. The van der Waals surface area contributed by atoms with Crippen molar-refractivity contribution >= 4 is 12.0 Å². The Balaban J connectivity index is 1.76. The van der Waals surface area contributed by atoms with Crippen molar-refractivity contribution in [2.24, 2.45) is 0 Å². The number of amides is 2. The highest BCUT2D eigenvalue weighted by atomic mass is 16.6. The molecule has 0 bridgehead atoms. The third kappa shape index (κ3) is 9.85.